The minimum atomic E-state index is -3.14. The highest BCUT2D eigenvalue weighted by Crippen LogP contribution is 2.51. The van der Waals surface area contributed by atoms with Crippen LogP contribution in [-0.2, 0) is 26.3 Å². The fourth-order valence-corrected chi connectivity index (χ4v) is 5.79. The van der Waals surface area contributed by atoms with Crippen LogP contribution in [-0.4, -0.2) is 27.7 Å². The zero-order valence-corrected chi connectivity index (χ0v) is 19.6. The van der Waals surface area contributed by atoms with E-state index in [9.17, 15) is 4.57 Å². The molecule has 4 rings (SSSR count). The predicted octanol–water partition coefficient (Wildman–Crippen LogP) is 6.71. The quantitative estimate of drug-likeness (QED) is 0.208. The van der Waals surface area contributed by atoms with Crippen LogP contribution in [0.3, 0.4) is 0 Å². The van der Waals surface area contributed by atoms with Crippen LogP contribution in [0.15, 0.2) is 48.8 Å². The first-order valence-corrected chi connectivity index (χ1v) is 12.5. The van der Waals surface area contributed by atoms with E-state index in [1.807, 2.05) is 56.3 Å². The monoisotopic (exact) mass is 477 g/mol. The Hall–Kier alpha value is -1.95. The lowest BCUT2D eigenvalue weighted by atomic mass is 10.1. The van der Waals surface area contributed by atoms with Gasteiger partial charge in [-0.05, 0) is 43.2 Å². The van der Waals surface area contributed by atoms with Crippen LogP contribution < -0.4 is 0 Å². The largest absolute Gasteiger partial charge is 0.335 e. The van der Waals surface area contributed by atoms with Gasteiger partial charge in [0.15, 0.2) is 0 Å². The molecule has 4 aromatic rings. The van der Waals surface area contributed by atoms with Gasteiger partial charge in [-0.3, -0.25) is 4.57 Å². The molecule has 0 saturated heterocycles. The maximum atomic E-state index is 12.8. The molecule has 0 N–H and O–H groups in total. The molecule has 0 spiro atoms. The molecule has 31 heavy (non-hydrogen) atoms. The van der Waals surface area contributed by atoms with E-state index in [4.69, 9.17) is 32.2 Å². The first kappa shape index (κ1) is 22.3. The molecule has 0 saturated carbocycles. The molecular formula is C22H22Cl2N3O3P. The molecule has 0 aliphatic rings. The van der Waals surface area contributed by atoms with Crippen LogP contribution in [0.4, 0.5) is 0 Å². The molecular weight excluding hydrogens is 456 g/mol. The lowest BCUT2D eigenvalue weighted by Gasteiger charge is -2.17. The second-order valence-electron chi connectivity index (χ2n) is 7.03. The third-order valence-corrected chi connectivity index (χ3v) is 7.52. The molecule has 0 bridgehead atoms. The summed E-state index contributed by atoms with van der Waals surface area (Å²) in [5.74, 6) is 0. The predicted molar refractivity (Wildman–Crippen MR) is 125 cm³/mol. The SMILES string of the molecule is CCOP(=O)(Cc1ccc(Cn2c3ccc(Cl)cc3c3c(Cl)ncnc32)cc1)OCC. The smallest absolute Gasteiger partial charge is 0.321 e. The Morgan fingerprint density at radius 3 is 2.32 bits per heavy atom. The normalized spacial score (nSPS) is 12.1. The van der Waals surface area contributed by atoms with Gasteiger partial charge in [-0.2, -0.15) is 0 Å². The Morgan fingerprint density at radius 1 is 0.968 bits per heavy atom. The number of halogens is 2. The van der Waals surface area contributed by atoms with Gasteiger partial charge in [0, 0.05) is 17.0 Å². The van der Waals surface area contributed by atoms with Gasteiger partial charge in [0.25, 0.3) is 0 Å². The Balaban J connectivity index is 1.67. The summed E-state index contributed by atoms with van der Waals surface area (Å²) in [4.78, 5) is 8.60. The fraction of sp³-hybridized carbons (Fsp3) is 0.273. The van der Waals surface area contributed by atoms with E-state index in [1.54, 1.807) is 0 Å². The molecule has 0 fully saturated rings. The van der Waals surface area contributed by atoms with E-state index < -0.39 is 7.60 Å². The van der Waals surface area contributed by atoms with Crippen molar-refractivity contribution < 1.29 is 13.6 Å². The van der Waals surface area contributed by atoms with Crippen molar-refractivity contribution in [2.75, 3.05) is 13.2 Å². The van der Waals surface area contributed by atoms with E-state index in [1.165, 1.54) is 6.33 Å². The number of hydrogen-bond acceptors (Lipinski definition) is 5. The van der Waals surface area contributed by atoms with Gasteiger partial charge in [0.05, 0.1) is 30.3 Å². The standard InChI is InChI=1S/C22H22Cl2N3O3P/c1-3-29-31(28,30-4-2)13-16-7-5-15(6-8-16)12-27-19-10-9-17(23)11-18(19)20-21(24)25-14-26-22(20)27/h5-11,14H,3-4,12-13H2,1-2H3. The maximum Gasteiger partial charge on any atom is 0.335 e. The van der Waals surface area contributed by atoms with Gasteiger partial charge in [-0.1, -0.05) is 47.5 Å². The van der Waals surface area contributed by atoms with Gasteiger partial charge in [0.2, 0.25) is 0 Å². The molecule has 2 aromatic carbocycles. The zero-order valence-electron chi connectivity index (χ0n) is 17.2. The molecule has 0 radical (unpaired) electrons. The third kappa shape index (κ3) is 4.64. The molecule has 0 amide bonds. The van der Waals surface area contributed by atoms with E-state index in [-0.39, 0.29) is 6.16 Å². The molecule has 0 unspecified atom stereocenters. The first-order valence-electron chi connectivity index (χ1n) is 9.98. The number of nitrogens with zero attached hydrogens (tertiary/aromatic N) is 3. The van der Waals surface area contributed by atoms with Crippen LogP contribution in [0.1, 0.15) is 25.0 Å². The Kier molecular flexibility index (Phi) is 6.65. The van der Waals surface area contributed by atoms with Crippen molar-refractivity contribution in [3.05, 3.63) is 70.1 Å². The van der Waals surface area contributed by atoms with E-state index in [0.29, 0.717) is 29.9 Å². The van der Waals surface area contributed by atoms with Crippen LogP contribution >= 0.6 is 30.8 Å². The maximum absolute atomic E-state index is 12.8. The summed E-state index contributed by atoms with van der Waals surface area (Å²) in [6, 6.07) is 13.6. The molecule has 0 aliphatic carbocycles. The zero-order chi connectivity index (χ0) is 22.0. The first-order chi connectivity index (χ1) is 14.9. The number of aromatic nitrogens is 3. The van der Waals surface area contributed by atoms with Crippen LogP contribution in [0.2, 0.25) is 10.2 Å². The number of rotatable bonds is 8. The van der Waals surface area contributed by atoms with Gasteiger partial charge in [-0.25, -0.2) is 9.97 Å². The van der Waals surface area contributed by atoms with E-state index >= 15 is 0 Å². The van der Waals surface area contributed by atoms with Crippen molar-refractivity contribution in [1.82, 2.24) is 14.5 Å². The minimum Gasteiger partial charge on any atom is -0.321 e. The van der Waals surface area contributed by atoms with Gasteiger partial charge >= 0.3 is 7.60 Å². The summed E-state index contributed by atoms with van der Waals surface area (Å²) in [6.07, 6.45) is 1.70. The van der Waals surface area contributed by atoms with Crippen molar-refractivity contribution >= 4 is 52.7 Å². The number of benzene rings is 2. The topological polar surface area (TPSA) is 66.2 Å². The highest BCUT2D eigenvalue weighted by Gasteiger charge is 2.24. The lowest BCUT2D eigenvalue weighted by molar-refractivity contribution is 0.219. The summed E-state index contributed by atoms with van der Waals surface area (Å²) in [5.41, 5.74) is 3.69. The van der Waals surface area contributed by atoms with E-state index in [2.05, 4.69) is 14.5 Å². The Bertz CT molecular complexity index is 1260. The molecule has 0 atom stereocenters. The average Bonchev–Trinajstić information content (AvgIpc) is 3.04. The molecule has 6 nitrogen and oxygen atoms in total. The van der Waals surface area contributed by atoms with Gasteiger partial charge in [0.1, 0.15) is 17.1 Å². The summed E-state index contributed by atoms with van der Waals surface area (Å²) < 4.78 is 25.7. The lowest BCUT2D eigenvalue weighted by Crippen LogP contribution is -2.02. The van der Waals surface area contributed by atoms with Crippen LogP contribution in [0.5, 0.6) is 0 Å². The number of fused-ring (bicyclic) bond motifs is 3. The highest BCUT2D eigenvalue weighted by atomic mass is 35.5. The molecule has 9 heteroatoms. The van der Waals surface area contributed by atoms with Crippen LogP contribution in [0, 0.1) is 0 Å². The van der Waals surface area contributed by atoms with Crippen molar-refractivity contribution in [2.45, 2.75) is 26.6 Å². The Labute approximate surface area is 190 Å². The molecule has 162 valence electrons. The summed E-state index contributed by atoms with van der Waals surface area (Å²) in [6.45, 7) is 4.89. The fourth-order valence-electron chi connectivity index (χ4n) is 3.69. The Morgan fingerprint density at radius 2 is 1.65 bits per heavy atom. The van der Waals surface area contributed by atoms with Crippen molar-refractivity contribution in [2.24, 2.45) is 0 Å². The van der Waals surface area contributed by atoms with Crippen molar-refractivity contribution in [1.29, 1.82) is 0 Å². The third-order valence-electron chi connectivity index (χ3n) is 4.95. The molecule has 2 heterocycles. The van der Waals surface area contributed by atoms with Crippen LogP contribution in [0.25, 0.3) is 21.9 Å². The summed E-state index contributed by atoms with van der Waals surface area (Å²) in [7, 11) is -3.14. The van der Waals surface area contributed by atoms with E-state index in [0.717, 1.165) is 33.1 Å². The van der Waals surface area contributed by atoms with Gasteiger partial charge < -0.3 is 13.6 Å². The van der Waals surface area contributed by atoms with Crippen molar-refractivity contribution in [3.63, 3.8) is 0 Å². The second kappa shape index (κ2) is 9.27. The van der Waals surface area contributed by atoms with Crippen molar-refractivity contribution in [3.8, 4) is 0 Å². The second-order valence-corrected chi connectivity index (χ2v) is 9.88. The highest BCUT2D eigenvalue weighted by molar-refractivity contribution is 7.53. The summed E-state index contributed by atoms with van der Waals surface area (Å²) >= 11 is 12.6. The minimum absolute atomic E-state index is 0.242. The van der Waals surface area contributed by atoms with Gasteiger partial charge in [-0.15, -0.1) is 0 Å². The summed E-state index contributed by atoms with van der Waals surface area (Å²) in [5, 5.41) is 2.73. The molecule has 2 aromatic heterocycles. The number of hydrogen-bond donors (Lipinski definition) is 0. The molecule has 0 aliphatic heterocycles. The average molecular weight is 478 g/mol.